The van der Waals surface area contributed by atoms with Crippen LogP contribution in [0.25, 0.3) is 6.08 Å². The van der Waals surface area contributed by atoms with Crippen LogP contribution >= 0.6 is 0 Å². The van der Waals surface area contributed by atoms with Crippen LogP contribution in [0.3, 0.4) is 0 Å². The molecule has 1 aromatic carbocycles. The molecule has 0 spiro atoms. The predicted molar refractivity (Wildman–Crippen MR) is 52.2 cm³/mol. The smallest absolute Gasteiger partial charge is 0.254 e. The summed E-state index contributed by atoms with van der Waals surface area (Å²) in [7, 11) is 0. The van der Waals surface area contributed by atoms with E-state index in [0.29, 0.717) is 5.57 Å². The molecular weight excluding hydrogens is 178 g/mol. The third-order valence-electron chi connectivity index (χ3n) is 2.04. The number of carbonyl (C=O) groups excluding carboxylic acids is 2. The number of nitrogens with one attached hydrogen (secondary N) is 1. The van der Waals surface area contributed by atoms with E-state index in [2.05, 4.69) is 5.32 Å². The first-order valence-electron chi connectivity index (χ1n) is 4.35. The first-order chi connectivity index (χ1) is 6.75. The quantitative estimate of drug-likeness (QED) is 0.529. The van der Waals surface area contributed by atoms with Gasteiger partial charge in [0.15, 0.2) is 0 Å². The SMILES string of the molecule is O=C1C/C(=C/c2ccccc2)C(=O)N1. The third-order valence-corrected chi connectivity index (χ3v) is 2.04. The van der Waals surface area contributed by atoms with E-state index in [9.17, 15) is 9.59 Å². The first-order valence-corrected chi connectivity index (χ1v) is 4.35. The largest absolute Gasteiger partial charge is 0.292 e. The molecule has 3 heteroatoms. The van der Waals surface area contributed by atoms with Crippen LogP contribution in [0.15, 0.2) is 35.9 Å². The number of imide groups is 1. The molecule has 1 heterocycles. The number of benzene rings is 1. The molecule has 0 aliphatic carbocycles. The predicted octanol–water partition coefficient (Wildman–Crippen LogP) is 1.12. The van der Waals surface area contributed by atoms with Gasteiger partial charge in [0.05, 0.1) is 6.42 Å². The Morgan fingerprint density at radius 1 is 1.14 bits per heavy atom. The van der Waals surface area contributed by atoms with Crippen molar-refractivity contribution in [3.8, 4) is 0 Å². The van der Waals surface area contributed by atoms with Crippen LogP contribution in [0.1, 0.15) is 12.0 Å². The minimum Gasteiger partial charge on any atom is -0.292 e. The molecule has 1 aromatic rings. The van der Waals surface area contributed by atoms with Crippen molar-refractivity contribution in [2.45, 2.75) is 6.42 Å². The second kappa shape index (κ2) is 3.46. The molecule has 0 radical (unpaired) electrons. The fourth-order valence-electron chi connectivity index (χ4n) is 1.37. The van der Waals surface area contributed by atoms with Crippen molar-refractivity contribution in [1.82, 2.24) is 5.32 Å². The fourth-order valence-corrected chi connectivity index (χ4v) is 1.37. The van der Waals surface area contributed by atoms with Gasteiger partial charge in [0.1, 0.15) is 0 Å². The molecule has 1 N–H and O–H groups in total. The van der Waals surface area contributed by atoms with Crippen molar-refractivity contribution in [3.63, 3.8) is 0 Å². The van der Waals surface area contributed by atoms with E-state index < -0.39 is 0 Å². The Morgan fingerprint density at radius 3 is 2.43 bits per heavy atom. The van der Waals surface area contributed by atoms with Gasteiger partial charge in [-0.2, -0.15) is 0 Å². The van der Waals surface area contributed by atoms with Gasteiger partial charge in [-0.3, -0.25) is 14.9 Å². The fraction of sp³-hybridized carbons (Fsp3) is 0.0909. The average molecular weight is 187 g/mol. The highest BCUT2D eigenvalue weighted by atomic mass is 16.2. The molecule has 14 heavy (non-hydrogen) atoms. The van der Waals surface area contributed by atoms with Gasteiger partial charge in [-0.25, -0.2) is 0 Å². The number of hydrogen-bond donors (Lipinski definition) is 1. The lowest BCUT2D eigenvalue weighted by Crippen LogP contribution is -2.19. The van der Waals surface area contributed by atoms with E-state index in [1.54, 1.807) is 6.08 Å². The summed E-state index contributed by atoms with van der Waals surface area (Å²) in [6.07, 6.45) is 1.92. The van der Waals surface area contributed by atoms with Crippen molar-refractivity contribution in [2.75, 3.05) is 0 Å². The average Bonchev–Trinajstić information content (AvgIpc) is 2.47. The van der Waals surface area contributed by atoms with Crippen molar-refractivity contribution in [1.29, 1.82) is 0 Å². The Labute approximate surface area is 81.4 Å². The van der Waals surface area contributed by atoms with Crippen LogP contribution in [-0.2, 0) is 9.59 Å². The van der Waals surface area contributed by atoms with Crippen LogP contribution in [0, 0.1) is 0 Å². The van der Waals surface area contributed by atoms with Gasteiger partial charge in [0, 0.05) is 5.57 Å². The summed E-state index contributed by atoms with van der Waals surface area (Å²) in [5, 5.41) is 2.24. The second-order valence-electron chi connectivity index (χ2n) is 3.13. The Bertz CT molecular complexity index is 407. The highest BCUT2D eigenvalue weighted by molar-refractivity contribution is 6.15. The summed E-state index contributed by atoms with van der Waals surface area (Å²) < 4.78 is 0. The monoisotopic (exact) mass is 187 g/mol. The summed E-state index contributed by atoms with van der Waals surface area (Å²) in [6, 6.07) is 9.47. The number of rotatable bonds is 1. The van der Waals surface area contributed by atoms with E-state index in [0.717, 1.165) is 5.56 Å². The topological polar surface area (TPSA) is 46.2 Å². The minimum atomic E-state index is -0.279. The number of carbonyl (C=O) groups is 2. The van der Waals surface area contributed by atoms with Crippen LogP contribution < -0.4 is 5.32 Å². The lowest BCUT2D eigenvalue weighted by molar-refractivity contribution is -0.124. The van der Waals surface area contributed by atoms with Crippen LogP contribution in [0.5, 0.6) is 0 Å². The first kappa shape index (κ1) is 8.69. The van der Waals surface area contributed by atoms with Crippen LogP contribution in [0.2, 0.25) is 0 Å². The van der Waals surface area contributed by atoms with E-state index >= 15 is 0 Å². The summed E-state index contributed by atoms with van der Waals surface area (Å²) in [4.78, 5) is 22.1. The number of hydrogen-bond acceptors (Lipinski definition) is 2. The molecule has 2 rings (SSSR count). The molecule has 1 saturated heterocycles. The van der Waals surface area contributed by atoms with Crippen molar-refractivity contribution >= 4 is 17.9 Å². The van der Waals surface area contributed by atoms with Gasteiger partial charge in [0.25, 0.3) is 5.91 Å². The van der Waals surface area contributed by atoms with Crippen LogP contribution in [0.4, 0.5) is 0 Å². The molecule has 1 aliphatic rings. The van der Waals surface area contributed by atoms with Gasteiger partial charge in [0.2, 0.25) is 5.91 Å². The molecule has 0 aromatic heterocycles. The van der Waals surface area contributed by atoms with E-state index in [1.807, 2.05) is 30.3 Å². The molecule has 70 valence electrons. The molecule has 1 aliphatic heterocycles. The highest BCUT2D eigenvalue weighted by Gasteiger charge is 2.23. The van der Waals surface area contributed by atoms with E-state index in [-0.39, 0.29) is 18.2 Å². The zero-order chi connectivity index (χ0) is 9.97. The Hall–Kier alpha value is -1.90. The Kier molecular flexibility index (Phi) is 2.14. The van der Waals surface area contributed by atoms with Gasteiger partial charge in [-0.15, -0.1) is 0 Å². The van der Waals surface area contributed by atoms with Crippen molar-refractivity contribution < 1.29 is 9.59 Å². The molecule has 2 amide bonds. The van der Waals surface area contributed by atoms with Gasteiger partial charge in [-0.1, -0.05) is 30.3 Å². The summed E-state index contributed by atoms with van der Waals surface area (Å²) in [6.45, 7) is 0. The van der Waals surface area contributed by atoms with E-state index in [1.165, 1.54) is 0 Å². The van der Waals surface area contributed by atoms with Gasteiger partial charge >= 0.3 is 0 Å². The molecule has 1 fully saturated rings. The molecule has 0 atom stereocenters. The van der Waals surface area contributed by atoms with Crippen molar-refractivity contribution in [2.24, 2.45) is 0 Å². The molecule has 0 saturated carbocycles. The van der Waals surface area contributed by atoms with Gasteiger partial charge < -0.3 is 0 Å². The number of amides is 2. The summed E-state index contributed by atoms with van der Waals surface area (Å²) in [5.74, 6) is -0.504. The van der Waals surface area contributed by atoms with E-state index in [4.69, 9.17) is 0 Å². The lowest BCUT2D eigenvalue weighted by atomic mass is 10.1. The maximum atomic E-state index is 11.2. The zero-order valence-electron chi connectivity index (χ0n) is 7.49. The second-order valence-corrected chi connectivity index (χ2v) is 3.13. The molecule has 0 unspecified atom stereocenters. The minimum absolute atomic E-state index is 0.188. The Balaban J connectivity index is 2.28. The lowest BCUT2D eigenvalue weighted by Gasteiger charge is -1.93. The molecular formula is C11H9NO2. The Morgan fingerprint density at radius 2 is 1.86 bits per heavy atom. The maximum absolute atomic E-state index is 11.2. The highest BCUT2D eigenvalue weighted by Crippen LogP contribution is 2.13. The summed E-state index contributed by atoms with van der Waals surface area (Å²) in [5.41, 5.74) is 1.47. The normalized spacial score (nSPS) is 18.7. The van der Waals surface area contributed by atoms with Crippen LogP contribution in [-0.4, -0.2) is 11.8 Å². The zero-order valence-corrected chi connectivity index (χ0v) is 7.49. The van der Waals surface area contributed by atoms with Gasteiger partial charge in [-0.05, 0) is 11.6 Å². The third kappa shape index (κ3) is 1.71. The standard InChI is InChI=1S/C11H9NO2/c13-10-7-9(11(14)12-10)6-8-4-2-1-3-5-8/h1-6H,7H2,(H,12,13,14)/b9-6-. The maximum Gasteiger partial charge on any atom is 0.254 e. The van der Waals surface area contributed by atoms with Crippen molar-refractivity contribution in [3.05, 3.63) is 41.5 Å². The molecule has 0 bridgehead atoms. The molecule has 3 nitrogen and oxygen atoms in total. The summed E-state index contributed by atoms with van der Waals surface area (Å²) >= 11 is 0.